The zero-order valence-corrected chi connectivity index (χ0v) is 87.3. The SMILES string of the molecule is CCC(C)C(C)C(CC)C(C)(C)C.CCC(CC(CC)C(C)(C)C)C(C)(C)C.CCCC(C[C@@H](C)C(C)C)C(C)C.CCCC(C[C@@H](C)C1CCCC1)C(C)C.CCCCC(c1ccccc1)C(C)C.CCCCC(c1ccccc1)C(C)C.CCCCC(c1ccccc1)[C@@H](C)C(C)(C)C.CCCCC(c1ccccc1)[C@@H](C)C(C)C. The zero-order valence-electron chi connectivity index (χ0n) is 87.3. The van der Waals surface area contributed by atoms with Crippen LogP contribution in [0.4, 0.5) is 0 Å². The molecule has 1 fully saturated rings. The van der Waals surface area contributed by atoms with Crippen molar-refractivity contribution in [3.63, 3.8) is 0 Å². The van der Waals surface area contributed by atoms with Crippen molar-refractivity contribution in [1.29, 1.82) is 0 Å². The van der Waals surface area contributed by atoms with Crippen molar-refractivity contribution in [1.82, 2.24) is 0 Å². The van der Waals surface area contributed by atoms with E-state index in [1.165, 1.54) is 196 Å². The van der Waals surface area contributed by atoms with E-state index in [-0.39, 0.29) is 0 Å². The molecule has 1 aliphatic rings. The van der Waals surface area contributed by atoms with Gasteiger partial charge in [0.25, 0.3) is 0 Å². The largest absolute Gasteiger partial charge is 0.0654 e. The first kappa shape index (κ1) is 118. The molecular weight excluding hydrogens is 1410 g/mol. The van der Waals surface area contributed by atoms with E-state index in [1.807, 2.05) is 0 Å². The summed E-state index contributed by atoms with van der Waals surface area (Å²) in [7, 11) is 0. The molecule has 0 heteroatoms. The van der Waals surface area contributed by atoms with Crippen molar-refractivity contribution in [2.24, 2.45) is 128 Å². The molecule has 1 aliphatic carbocycles. The lowest BCUT2D eigenvalue weighted by molar-refractivity contribution is 0.122. The lowest BCUT2D eigenvalue weighted by atomic mass is 9.68. The molecule has 11 unspecified atom stereocenters. The summed E-state index contributed by atoms with van der Waals surface area (Å²) in [4.78, 5) is 0. The fourth-order valence-corrected chi connectivity index (χ4v) is 19.1. The van der Waals surface area contributed by atoms with Gasteiger partial charge in [0.05, 0.1) is 0 Å². The van der Waals surface area contributed by atoms with Gasteiger partial charge in [-0.1, -0.05) is 527 Å². The molecule has 4 aromatic carbocycles. The Morgan fingerprint density at radius 2 is 0.590 bits per heavy atom. The molecule has 0 heterocycles. The summed E-state index contributed by atoms with van der Waals surface area (Å²) in [5, 5.41) is 0. The predicted octanol–water partition coefficient (Wildman–Crippen LogP) is 40.4. The maximum atomic E-state index is 2.50. The van der Waals surface area contributed by atoms with Gasteiger partial charge in [0, 0.05) is 0 Å². The van der Waals surface area contributed by atoms with Crippen LogP contribution in [0.5, 0.6) is 0 Å². The maximum Gasteiger partial charge on any atom is -0.0131 e. The highest BCUT2D eigenvalue weighted by atomic mass is 14.4. The van der Waals surface area contributed by atoms with E-state index in [1.54, 1.807) is 0 Å². The molecule has 0 aromatic heterocycles. The second kappa shape index (κ2) is 66.4. The first-order valence-electron chi connectivity index (χ1n) is 50.9. The van der Waals surface area contributed by atoms with Crippen LogP contribution < -0.4 is 0 Å². The minimum Gasteiger partial charge on any atom is -0.0654 e. The Kier molecular flexibility index (Phi) is 67.0. The fraction of sp³-hybridized carbons (Fsp3) is 0.795. The van der Waals surface area contributed by atoms with Crippen LogP contribution in [-0.2, 0) is 0 Å². The number of unbranched alkanes of at least 4 members (excludes halogenated alkanes) is 4. The molecule has 0 N–H and O–H groups in total. The Morgan fingerprint density at radius 1 is 0.274 bits per heavy atom. The quantitative estimate of drug-likeness (QED) is 0.0415. The van der Waals surface area contributed by atoms with Crippen molar-refractivity contribution >= 4 is 0 Å². The third-order valence-corrected chi connectivity index (χ3v) is 29.3. The van der Waals surface area contributed by atoms with Crippen molar-refractivity contribution < 1.29 is 0 Å². The summed E-state index contributed by atoms with van der Waals surface area (Å²) in [6.45, 7) is 94.3. The monoisotopic (exact) mass is 1620 g/mol. The van der Waals surface area contributed by atoms with Gasteiger partial charge < -0.3 is 0 Å². The molecule has 684 valence electrons. The summed E-state index contributed by atoms with van der Waals surface area (Å²) in [6.07, 6.45) is 37.0. The Hall–Kier alpha value is -3.12. The second-order valence-electron chi connectivity index (χ2n) is 44.5. The zero-order chi connectivity index (χ0) is 90.2. The number of benzene rings is 4. The molecular formula is C117H216. The molecule has 0 amide bonds. The van der Waals surface area contributed by atoms with E-state index in [0.717, 1.165) is 124 Å². The van der Waals surface area contributed by atoms with Gasteiger partial charge >= 0.3 is 0 Å². The molecule has 15 atom stereocenters. The van der Waals surface area contributed by atoms with Crippen molar-refractivity contribution in [2.75, 3.05) is 0 Å². The van der Waals surface area contributed by atoms with Crippen LogP contribution in [0.2, 0.25) is 0 Å². The van der Waals surface area contributed by atoms with Crippen LogP contribution in [0.25, 0.3) is 0 Å². The van der Waals surface area contributed by atoms with Crippen LogP contribution in [0.1, 0.15) is 496 Å². The Balaban J connectivity index is -0.00000127. The first-order chi connectivity index (χ1) is 54.7. The second-order valence-corrected chi connectivity index (χ2v) is 44.5. The number of hydrogen-bond acceptors (Lipinski definition) is 0. The highest BCUT2D eigenvalue weighted by Gasteiger charge is 2.34. The number of hydrogen-bond donors (Lipinski definition) is 0. The lowest BCUT2D eigenvalue weighted by Crippen LogP contribution is -2.29. The average molecular weight is 1620 g/mol. The van der Waals surface area contributed by atoms with Crippen LogP contribution in [0.3, 0.4) is 0 Å². The van der Waals surface area contributed by atoms with Gasteiger partial charge in [0.2, 0.25) is 0 Å². The molecule has 0 nitrogen and oxygen atoms in total. The van der Waals surface area contributed by atoms with Crippen LogP contribution >= 0.6 is 0 Å². The van der Waals surface area contributed by atoms with Crippen LogP contribution in [0, 0.1) is 128 Å². The summed E-state index contributed by atoms with van der Waals surface area (Å²) in [6, 6.07) is 43.9. The third-order valence-electron chi connectivity index (χ3n) is 29.3. The van der Waals surface area contributed by atoms with Gasteiger partial charge in [0.1, 0.15) is 0 Å². The maximum absolute atomic E-state index is 2.50. The van der Waals surface area contributed by atoms with Gasteiger partial charge in [-0.2, -0.15) is 0 Å². The summed E-state index contributed by atoms with van der Waals surface area (Å²) < 4.78 is 0. The minimum absolute atomic E-state index is 0.383. The van der Waals surface area contributed by atoms with E-state index in [0.29, 0.717) is 27.6 Å². The van der Waals surface area contributed by atoms with Crippen molar-refractivity contribution in [2.45, 2.75) is 474 Å². The van der Waals surface area contributed by atoms with Gasteiger partial charge in [-0.05, 0) is 219 Å². The van der Waals surface area contributed by atoms with E-state index in [9.17, 15) is 0 Å². The molecule has 0 saturated heterocycles. The number of rotatable bonds is 41. The first-order valence-corrected chi connectivity index (χ1v) is 50.9. The van der Waals surface area contributed by atoms with Crippen molar-refractivity contribution in [3.05, 3.63) is 144 Å². The smallest absolute Gasteiger partial charge is 0.0131 e. The molecule has 5 rings (SSSR count). The predicted molar refractivity (Wildman–Crippen MR) is 541 cm³/mol. The lowest BCUT2D eigenvalue weighted by Gasteiger charge is -2.38. The third kappa shape index (κ3) is 53.0. The highest BCUT2D eigenvalue weighted by Crippen LogP contribution is 2.44. The van der Waals surface area contributed by atoms with Crippen LogP contribution in [-0.4, -0.2) is 0 Å². The van der Waals surface area contributed by atoms with Gasteiger partial charge in [-0.15, -0.1) is 0 Å². The minimum atomic E-state index is 0.383. The van der Waals surface area contributed by atoms with Crippen LogP contribution in [0.15, 0.2) is 121 Å². The summed E-state index contributed by atoms with van der Waals surface area (Å²) >= 11 is 0. The molecule has 1 saturated carbocycles. The van der Waals surface area contributed by atoms with Gasteiger partial charge in [0.15, 0.2) is 0 Å². The van der Waals surface area contributed by atoms with Gasteiger partial charge in [-0.3, -0.25) is 0 Å². The Morgan fingerprint density at radius 3 is 0.846 bits per heavy atom. The molecule has 0 aliphatic heterocycles. The molecule has 0 bridgehead atoms. The molecule has 117 heavy (non-hydrogen) atoms. The fourth-order valence-electron chi connectivity index (χ4n) is 19.1. The molecule has 0 spiro atoms. The molecule has 0 radical (unpaired) electrons. The van der Waals surface area contributed by atoms with E-state index >= 15 is 0 Å². The summed E-state index contributed by atoms with van der Waals surface area (Å²) in [5.41, 5.74) is 7.85. The average Bonchev–Trinajstić information content (AvgIpc) is 1.81. The topological polar surface area (TPSA) is 0 Å². The van der Waals surface area contributed by atoms with Gasteiger partial charge in [-0.25, -0.2) is 0 Å². The summed E-state index contributed by atoms with van der Waals surface area (Å²) in [5.74, 6) is 18.4. The normalized spacial score (nSPS) is 16.6. The highest BCUT2D eigenvalue weighted by molar-refractivity contribution is 5.23. The van der Waals surface area contributed by atoms with E-state index in [2.05, 4.69) is 398 Å². The molecule has 4 aromatic rings. The van der Waals surface area contributed by atoms with E-state index < -0.39 is 0 Å². The standard InChI is InChI=1S/C17H28.C16H26.C15H30.C15H32.2C14H22.2C13H28/c1-6-7-13-16(14(2)17(3,4)5)15-11-9-8-10-12-15;1-5-6-12-16(14(4)13(2)3)15-10-8-7-9-11-15;1-5-8-15(12(2)3)11-13(4)14-9-6-7-10-14;1-9-12(14(3,4)5)11-13(10-2)15(6,7)8;2*1-4-5-11-14(12(2)3)13-9-7-6-8-10-13;1-8-10(3)11(4)12(9-2)13(5,6)7;1-7-8-13(11(4)5)9-12(6)10(2)3/h8-12,14,16H,6-7,13H2,1-5H3;7-11,13-14,16H,5-6,12H2,1-4H3;12-15H,5-11H2,1-4H3;12-13H,9-11H2,1-8H3;2*6-10,12,14H,4-5,11H2,1-3H3;10-12H,8-9H2,1-7H3;10-13H,7-9H2,1-6H3/t2*14-,16?;13-,15?;;;;;12-,13?/m101....1/s1. The van der Waals surface area contributed by atoms with Crippen molar-refractivity contribution in [3.8, 4) is 0 Å². The Labute approximate surface area is 741 Å². The Bertz CT molecular complexity index is 2670. The van der Waals surface area contributed by atoms with E-state index in [4.69, 9.17) is 0 Å².